The molecule has 2 aliphatic heterocycles. The molecular formula is C19H24N2O4S. The number of aliphatic hydroxyl groups excluding tert-OH is 1. The molecule has 3 rings (SSSR count). The molecule has 0 aromatic heterocycles. The largest absolute Gasteiger partial charge is 0.456 e. The average Bonchev–Trinajstić information content (AvgIpc) is 2.94. The monoisotopic (exact) mass is 376 g/mol. The molecule has 6 nitrogen and oxygen atoms in total. The van der Waals surface area contributed by atoms with Crippen molar-refractivity contribution in [1.82, 2.24) is 10.2 Å². The lowest BCUT2D eigenvalue weighted by atomic mass is 9.83. The number of carbonyl (C=O) groups is 2. The molecular weight excluding hydrogens is 352 g/mol. The molecule has 140 valence electrons. The van der Waals surface area contributed by atoms with Gasteiger partial charge >= 0.3 is 5.97 Å². The molecule has 26 heavy (non-hydrogen) atoms. The van der Waals surface area contributed by atoms with Crippen molar-refractivity contribution in [2.45, 2.75) is 32.1 Å². The highest BCUT2D eigenvalue weighted by atomic mass is 32.2. The minimum atomic E-state index is -0.716. The third-order valence-corrected chi connectivity index (χ3v) is 5.84. The van der Waals surface area contributed by atoms with Crippen LogP contribution in [0.4, 0.5) is 0 Å². The Bertz CT molecular complexity index is 705. The van der Waals surface area contributed by atoms with Crippen molar-refractivity contribution in [3.05, 3.63) is 46.5 Å². The molecule has 1 aromatic carbocycles. The molecule has 2 aliphatic rings. The fourth-order valence-electron chi connectivity index (χ4n) is 3.42. The number of thioether (sulfide) groups is 1. The summed E-state index contributed by atoms with van der Waals surface area (Å²) < 4.78 is 5.46. The second-order valence-electron chi connectivity index (χ2n) is 6.53. The van der Waals surface area contributed by atoms with Crippen molar-refractivity contribution in [2.75, 3.05) is 19.3 Å². The van der Waals surface area contributed by atoms with Gasteiger partial charge < -0.3 is 20.1 Å². The lowest BCUT2D eigenvalue weighted by Gasteiger charge is -2.44. The number of amides is 1. The highest BCUT2D eigenvalue weighted by molar-refractivity contribution is 8.03. The summed E-state index contributed by atoms with van der Waals surface area (Å²) in [7, 11) is 1.87. The van der Waals surface area contributed by atoms with Crippen LogP contribution in [0.3, 0.4) is 0 Å². The Morgan fingerprint density at radius 1 is 1.42 bits per heavy atom. The lowest BCUT2D eigenvalue weighted by Crippen LogP contribution is -2.61. The van der Waals surface area contributed by atoms with Gasteiger partial charge in [0.25, 0.3) is 0 Å². The van der Waals surface area contributed by atoms with Crippen LogP contribution in [-0.4, -0.2) is 53.4 Å². The van der Waals surface area contributed by atoms with Crippen LogP contribution in [0.5, 0.6) is 0 Å². The maximum atomic E-state index is 12.7. The van der Waals surface area contributed by atoms with Crippen LogP contribution in [0.15, 0.2) is 40.9 Å². The molecule has 3 atom stereocenters. The molecule has 1 amide bonds. The van der Waals surface area contributed by atoms with E-state index in [4.69, 9.17) is 4.74 Å². The van der Waals surface area contributed by atoms with E-state index in [1.54, 1.807) is 18.7 Å². The Kier molecular flexibility index (Phi) is 6.01. The van der Waals surface area contributed by atoms with Crippen molar-refractivity contribution in [3.63, 3.8) is 0 Å². The van der Waals surface area contributed by atoms with Crippen molar-refractivity contribution in [1.29, 1.82) is 0 Å². The number of β-lactam (4-membered cyclic amide) rings is 1. The fraction of sp³-hybridized carbons (Fsp3) is 0.474. The zero-order chi connectivity index (χ0) is 18.7. The summed E-state index contributed by atoms with van der Waals surface area (Å²) in [5.74, 6) is -0.300. The van der Waals surface area contributed by atoms with Gasteiger partial charge in [-0.2, -0.15) is 0 Å². The molecule has 0 aliphatic carbocycles. The predicted octanol–water partition coefficient (Wildman–Crippen LogP) is 1.51. The zero-order valence-electron chi connectivity index (χ0n) is 15.0. The molecule has 2 N–H and O–H groups in total. The van der Waals surface area contributed by atoms with Crippen LogP contribution in [0.1, 0.15) is 18.9 Å². The minimum Gasteiger partial charge on any atom is -0.456 e. The lowest BCUT2D eigenvalue weighted by molar-refractivity contribution is -0.162. The first-order valence-electron chi connectivity index (χ1n) is 8.77. The summed E-state index contributed by atoms with van der Waals surface area (Å²) >= 11 is 1.57. The average molecular weight is 376 g/mol. The maximum absolute atomic E-state index is 12.7. The van der Waals surface area contributed by atoms with Gasteiger partial charge in [-0.1, -0.05) is 30.3 Å². The summed E-state index contributed by atoms with van der Waals surface area (Å²) in [6.07, 6.45) is -0.113. The van der Waals surface area contributed by atoms with Crippen LogP contribution < -0.4 is 5.32 Å². The first-order chi connectivity index (χ1) is 12.5. The van der Waals surface area contributed by atoms with Crippen LogP contribution in [0.2, 0.25) is 0 Å². The van der Waals surface area contributed by atoms with E-state index in [1.807, 2.05) is 37.4 Å². The Morgan fingerprint density at radius 2 is 2.15 bits per heavy atom. The zero-order valence-corrected chi connectivity index (χ0v) is 15.8. The van der Waals surface area contributed by atoms with E-state index in [0.717, 1.165) is 22.8 Å². The van der Waals surface area contributed by atoms with Gasteiger partial charge in [0, 0.05) is 23.6 Å². The number of esters is 1. The second-order valence-corrected chi connectivity index (χ2v) is 7.72. The first-order valence-corrected chi connectivity index (χ1v) is 9.76. The van der Waals surface area contributed by atoms with E-state index in [0.29, 0.717) is 12.1 Å². The van der Waals surface area contributed by atoms with Gasteiger partial charge in [-0.05, 0) is 19.5 Å². The van der Waals surface area contributed by atoms with Gasteiger partial charge in [0.05, 0.1) is 18.1 Å². The Morgan fingerprint density at radius 3 is 2.81 bits per heavy atom. The second kappa shape index (κ2) is 8.24. The molecule has 1 fully saturated rings. The van der Waals surface area contributed by atoms with E-state index in [1.165, 1.54) is 4.90 Å². The van der Waals surface area contributed by atoms with Gasteiger partial charge in [-0.15, -0.1) is 11.8 Å². The van der Waals surface area contributed by atoms with Gasteiger partial charge in [-0.25, -0.2) is 4.79 Å². The fourth-order valence-corrected chi connectivity index (χ4v) is 4.58. The third-order valence-electron chi connectivity index (χ3n) is 4.72. The van der Waals surface area contributed by atoms with Crippen molar-refractivity contribution in [3.8, 4) is 0 Å². The highest BCUT2D eigenvalue weighted by Gasteiger charge is 2.56. The summed E-state index contributed by atoms with van der Waals surface area (Å²) in [6.45, 7) is 2.60. The first kappa shape index (κ1) is 18.9. The molecule has 0 unspecified atom stereocenters. The minimum absolute atomic E-state index is 0.140. The number of benzene rings is 1. The van der Waals surface area contributed by atoms with Crippen LogP contribution in [-0.2, 0) is 20.9 Å². The topological polar surface area (TPSA) is 78.9 Å². The number of fused-ring (bicyclic) bond motifs is 1. The van der Waals surface area contributed by atoms with Crippen molar-refractivity contribution in [2.24, 2.45) is 5.92 Å². The van der Waals surface area contributed by atoms with Crippen molar-refractivity contribution < 1.29 is 19.4 Å². The van der Waals surface area contributed by atoms with E-state index in [-0.39, 0.29) is 18.6 Å². The smallest absolute Gasteiger partial charge is 0.356 e. The number of nitrogens with zero attached hydrogens (tertiary/aromatic N) is 1. The molecule has 2 heterocycles. The Balaban J connectivity index is 1.74. The number of nitrogens with one attached hydrogen (secondary N) is 1. The molecule has 0 bridgehead atoms. The van der Waals surface area contributed by atoms with E-state index in [9.17, 15) is 14.7 Å². The molecule has 1 aromatic rings. The number of carbonyl (C=O) groups excluding carboxylic acids is 2. The number of ether oxygens (including phenoxy) is 1. The molecule has 0 radical (unpaired) electrons. The van der Waals surface area contributed by atoms with E-state index >= 15 is 0 Å². The number of aliphatic hydroxyl groups is 1. The Labute approximate surface area is 157 Å². The summed E-state index contributed by atoms with van der Waals surface area (Å²) in [5.41, 5.74) is 1.26. The van der Waals surface area contributed by atoms with Gasteiger partial charge in [-0.3, -0.25) is 4.79 Å². The summed E-state index contributed by atoms with van der Waals surface area (Å²) in [5, 5.41) is 12.9. The van der Waals surface area contributed by atoms with Crippen molar-refractivity contribution >= 4 is 23.6 Å². The van der Waals surface area contributed by atoms with Gasteiger partial charge in [0.1, 0.15) is 12.3 Å². The van der Waals surface area contributed by atoms with Crippen LogP contribution >= 0.6 is 11.8 Å². The Hall–Kier alpha value is -1.83. The molecule has 1 saturated heterocycles. The molecule has 0 spiro atoms. The molecule has 0 saturated carbocycles. The summed E-state index contributed by atoms with van der Waals surface area (Å²) in [6, 6.07) is 9.32. The highest BCUT2D eigenvalue weighted by Crippen LogP contribution is 2.47. The van der Waals surface area contributed by atoms with E-state index in [2.05, 4.69) is 5.32 Å². The van der Waals surface area contributed by atoms with Crippen LogP contribution in [0.25, 0.3) is 0 Å². The van der Waals surface area contributed by atoms with E-state index < -0.39 is 18.0 Å². The maximum Gasteiger partial charge on any atom is 0.356 e. The number of hydrogen-bond donors (Lipinski definition) is 2. The summed E-state index contributed by atoms with van der Waals surface area (Å²) in [4.78, 5) is 27.6. The predicted molar refractivity (Wildman–Crippen MR) is 100 cm³/mol. The number of rotatable bonds is 8. The molecule has 7 heteroatoms. The quantitative estimate of drug-likeness (QED) is 0.407. The van der Waals surface area contributed by atoms with Crippen LogP contribution in [0, 0.1) is 5.92 Å². The van der Waals surface area contributed by atoms with Gasteiger partial charge in [0.2, 0.25) is 5.91 Å². The standard InChI is InChI=1S/C19H24N2O4S/c1-12(22)16-14-10-15(26-9-8-20-2)17(21(14)18(16)23)19(24)25-11-13-6-4-3-5-7-13/h3-7,12,14,16,20,22H,8-11H2,1-2H3/t12-,14-,16-/m1/s1. The normalized spacial score (nSPS) is 22.9. The van der Waals surface area contributed by atoms with Gasteiger partial charge in [0.15, 0.2) is 0 Å². The third kappa shape index (κ3) is 3.65. The number of hydrogen-bond acceptors (Lipinski definition) is 6. The SMILES string of the molecule is CNCCSC1=C(C(=O)OCc2ccccc2)N2C(=O)[C@H]([C@@H](C)O)[C@H]2C1.